The van der Waals surface area contributed by atoms with Crippen LogP contribution < -0.4 is 5.73 Å². The zero-order chi connectivity index (χ0) is 12.3. The van der Waals surface area contributed by atoms with Crippen LogP contribution in [0.15, 0.2) is 4.52 Å². The van der Waals surface area contributed by atoms with Crippen LogP contribution in [-0.2, 0) is 13.1 Å². The number of nitrogens with two attached hydrogens (primary N) is 1. The first-order valence-electron chi connectivity index (χ1n) is 6.33. The highest BCUT2D eigenvalue weighted by molar-refractivity contribution is 4.87. The van der Waals surface area contributed by atoms with E-state index in [9.17, 15) is 0 Å². The summed E-state index contributed by atoms with van der Waals surface area (Å²) in [6.45, 7) is 8.02. The van der Waals surface area contributed by atoms with E-state index in [1.807, 2.05) is 0 Å². The molecular formula is C12H22N4O. The molecule has 0 atom stereocenters. The largest absolute Gasteiger partial charge is 0.338 e. The zero-order valence-corrected chi connectivity index (χ0v) is 10.8. The quantitative estimate of drug-likeness (QED) is 0.865. The van der Waals surface area contributed by atoms with Crippen LogP contribution in [0.1, 0.15) is 44.8 Å². The summed E-state index contributed by atoms with van der Waals surface area (Å²) in [5.41, 5.74) is 5.91. The molecule has 1 saturated heterocycles. The van der Waals surface area contributed by atoms with Crippen molar-refractivity contribution in [3.05, 3.63) is 11.7 Å². The molecule has 0 unspecified atom stereocenters. The third kappa shape index (κ3) is 3.51. The predicted molar refractivity (Wildman–Crippen MR) is 65.1 cm³/mol. The maximum atomic E-state index is 5.45. The maximum Gasteiger partial charge on any atom is 0.240 e. The molecule has 1 fully saturated rings. The molecule has 0 spiro atoms. The van der Waals surface area contributed by atoms with Gasteiger partial charge in [0.25, 0.3) is 0 Å². The minimum atomic E-state index is 0.319. The van der Waals surface area contributed by atoms with Crippen LogP contribution in [-0.4, -0.2) is 28.1 Å². The van der Waals surface area contributed by atoms with Gasteiger partial charge >= 0.3 is 0 Å². The number of hydrogen-bond donors (Lipinski definition) is 1. The Hall–Kier alpha value is -0.940. The van der Waals surface area contributed by atoms with Crippen molar-refractivity contribution in [2.24, 2.45) is 11.1 Å². The van der Waals surface area contributed by atoms with Crippen molar-refractivity contribution in [3.63, 3.8) is 0 Å². The molecule has 0 aromatic carbocycles. The van der Waals surface area contributed by atoms with Crippen LogP contribution in [0.2, 0.25) is 0 Å². The standard InChI is InChI=1S/C12H22N4O/c1-12(2)4-3-6-16(7-5-12)9-10-14-11(8-13)17-15-10/h3-9,13H2,1-2H3. The van der Waals surface area contributed by atoms with E-state index < -0.39 is 0 Å². The molecule has 1 aromatic rings. The Labute approximate surface area is 102 Å². The van der Waals surface area contributed by atoms with Gasteiger partial charge in [-0.3, -0.25) is 4.90 Å². The van der Waals surface area contributed by atoms with Gasteiger partial charge < -0.3 is 10.3 Å². The lowest BCUT2D eigenvalue weighted by molar-refractivity contribution is 0.247. The fraction of sp³-hybridized carbons (Fsp3) is 0.833. The third-order valence-corrected chi connectivity index (χ3v) is 3.48. The summed E-state index contributed by atoms with van der Waals surface area (Å²) in [5, 5.41) is 3.94. The minimum absolute atomic E-state index is 0.319. The van der Waals surface area contributed by atoms with Gasteiger partial charge in [-0.1, -0.05) is 19.0 Å². The second kappa shape index (κ2) is 5.14. The highest BCUT2D eigenvalue weighted by atomic mass is 16.5. The van der Waals surface area contributed by atoms with Gasteiger partial charge in [-0.15, -0.1) is 0 Å². The first-order chi connectivity index (χ1) is 8.09. The summed E-state index contributed by atoms with van der Waals surface area (Å²) in [6.07, 6.45) is 3.77. The normalized spacial score (nSPS) is 21.4. The van der Waals surface area contributed by atoms with Crippen LogP contribution in [0.5, 0.6) is 0 Å². The second-order valence-electron chi connectivity index (χ2n) is 5.60. The lowest BCUT2D eigenvalue weighted by atomic mass is 9.85. The van der Waals surface area contributed by atoms with Crippen molar-refractivity contribution in [2.45, 2.75) is 46.2 Å². The molecule has 1 aliphatic heterocycles. The molecule has 5 heteroatoms. The van der Waals surface area contributed by atoms with Gasteiger partial charge in [0.15, 0.2) is 5.82 Å². The smallest absolute Gasteiger partial charge is 0.240 e. The average Bonchev–Trinajstić information content (AvgIpc) is 2.66. The summed E-state index contributed by atoms with van der Waals surface area (Å²) in [4.78, 5) is 6.65. The van der Waals surface area contributed by atoms with Gasteiger partial charge in [-0.05, 0) is 37.8 Å². The number of nitrogens with zero attached hydrogens (tertiary/aromatic N) is 3. The summed E-state index contributed by atoms with van der Waals surface area (Å²) >= 11 is 0. The van der Waals surface area contributed by atoms with E-state index in [4.69, 9.17) is 10.3 Å². The van der Waals surface area contributed by atoms with Crippen LogP contribution in [0.25, 0.3) is 0 Å². The Balaban J connectivity index is 1.90. The third-order valence-electron chi connectivity index (χ3n) is 3.48. The summed E-state index contributed by atoms with van der Waals surface area (Å²) < 4.78 is 5.01. The molecule has 0 radical (unpaired) electrons. The van der Waals surface area contributed by atoms with Crippen LogP contribution in [0.3, 0.4) is 0 Å². The molecule has 96 valence electrons. The molecule has 5 nitrogen and oxygen atoms in total. The van der Waals surface area contributed by atoms with Gasteiger partial charge in [0.1, 0.15) is 0 Å². The Morgan fingerprint density at radius 2 is 2.18 bits per heavy atom. The summed E-state index contributed by atoms with van der Waals surface area (Å²) in [6, 6.07) is 0. The molecule has 2 heterocycles. The lowest BCUT2D eigenvalue weighted by Gasteiger charge is -2.22. The molecule has 0 amide bonds. The minimum Gasteiger partial charge on any atom is -0.338 e. The maximum absolute atomic E-state index is 5.45. The van der Waals surface area contributed by atoms with Crippen LogP contribution in [0.4, 0.5) is 0 Å². The molecule has 17 heavy (non-hydrogen) atoms. The van der Waals surface area contributed by atoms with Gasteiger partial charge in [0, 0.05) is 0 Å². The van der Waals surface area contributed by atoms with Gasteiger partial charge in [-0.25, -0.2) is 0 Å². The van der Waals surface area contributed by atoms with Gasteiger partial charge in [0.2, 0.25) is 5.89 Å². The second-order valence-corrected chi connectivity index (χ2v) is 5.60. The van der Waals surface area contributed by atoms with E-state index in [0.29, 0.717) is 17.9 Å². The van der Waals surface area contributed by atoms with Crippen molar-refractivity contribution in [1.82, 2.24) is 15.0 Å². The Morgan fingerprint density at radius 1 is 1.35 bits per heavy atom. The first kappa shape index (κ1) is 12.5. The SMILES string of the molecule is CC1(C)CCCN(Cc2noc(CN)n2)CC1. The Morgan fingerprint density at radius 3 is 2.88 bits per heavy atom. The van der Waals surface area contributed by atoms with Crippen molar-refractivity contribution in [1.29, 1.82) is 0 Å². The number of hydrogen-bond acceptors (Lipinski definition) is 5. The highest BCUT2D eigenvalue weighted by Crippen LogP contribution is 2.29. The lowest BCUT2D eigenvalue weighted by Crippen LogP contribution is -2.25. The molecule has 2 N–H and O–H groups in total. The van der Waals surface area contributed by atoms with Crippen molar-refractivity contribution in [2.75, 3.05) is 13.1 Å². The first-order valence-corrected chi connectivity index (χ1v) is 6.33. The number of rotatable bonds is 3. The Bertz CT molecular complexity index is 361. The molecular weight excluding hydrogens is 216 g/mol. The van der Waals surface area contributed by atoms with Crippen molar-refractivity contribution < 1.29 is 4.52 Å². The van der Waals surface area contributed by atoms with Gasteiger partial charge in [-0.2, -0.15) is 4.98 Å². The van der Waals surface area contributed by atoms with E-state index in [1.165, 1.54) is 19.3 Å². The monoisotopic (exact) mass is 238 g/mol. The highest BCUT2D eigenvalue weighted by Gasteiger charge is 2.23. The van der Waals surface area contributed by atoms with E-state index in [2.05, 4.69) is 28.9 Å². The molecule has 1 aliphatic rings. The Kier molecular flexibility index (Phi) is 3.79. The topological polar surface area (TPSA) is 68.2 Å². The molecule has 0 saturated carbocycles. The average molecular weight is 238 g/mol. The van der Waals surface area contributed by atoms with Crippen LogP contribution >= 0.6 is 0 Å². The van der Waals surface area contributed by atoms with E-state index in [1.54, 1.807) is 0 Å². The fourth-order valence-electron chi connectivity index (χ4n) is 2.27. The molecule has 1 aromatic heterocycles. The number of likely N-dealkylation sites (tertiary alicyclic amines) is 1. The fourth-order valence-corrected chi connectivity index (χ4v) is 2.27. The molecule has 0 aliphatic carbocycles. The molecule has 0 bridgehead atoms. The van der Waals surface area contributed by atoms with Gasteiger partial charge in [0.05, 0.1) is 13.1 Å². The van der Waals surface area contributed by atoms with E-state index >= 15 is 0 Å². The molecule has 2 rings (SSSR count). The summed E-state index contributed by atoms with van der Waals surface area (Å²) in [5.74, 6) is 1.28. The zero-order valence-electron chi connectivity index (χ0n) is 10.8. The summed E-state index contributed by atoms with van der Waals surface area (Å²) in [7, 11) is 0. The van der Waals surface area contributed by atoms with E-state index in [0.717, 1.165) is 25.5 Å². The van der Waals surface area contributed by atoms with Crippen molar-refractivity contribution in [3.8, 4) is 0 Å². The van der Waals surface area contributed by atoms with Crippen molar-refractivity contribution >= 4 is 0 Å². The van der Waals surface area contributed by atoms with Crippen LogP contribution in [0, 0.1) is 5.41 Å². The van der Waals surface area contributed by atoms with E-state index in [-0.39, 0.29) is 0 Å². The number of aromatic nitrogens is 2. The predicted octanol–water partition coefficient (Wildman–Crippen LogP) is 1.54.